The maximum Gasteiger partial charge on any atom is 0.147 e. The van der Waals surface area contributed by atoms with Crippen molar-refractivity contribution in [2.24, 2.45) is 7.05 Å². The number of anilines is 2. The van der Waals surface area contributed by atoms with Crippen molar-refractivity contribution in [3.63, 3.8) is 0 Å². The quantitative estimate of drug-likeness (QED) is 0.707. The topological polar surface area (TPSA) is 59.1 Å². The summed E-state index contributed by atoms with van der Waals surface area (Å²) in [6.45, 7) is 4.06. The molecule has 92 valence electrons. The van der Waals surface area contributed by atoms with Crippen LogP contribution in [0.3, 0.4) is 0 Å². The molecule has 0 spiro atoms. The Hall–Kier alpha value is -1.23. The van der Waals surface area contributed by atoms with Crippen molar-refractivity contribution in [1.29, 1.82) is 0 Å². The van der Waals surface area contributed by atoms with Gasteiger partial charge in [-0.05, 0) is 33.5 Å². The van der Waals surface area contributed by atoms with E-state index in [0.29, 0.717) is 0 Å². The average Bonchev–Trinajstić information content (AvgIpc) is 2.50. The lowest BCUT2D eigenvalue weighted by atomic mass is 10.3. The molecule has 0 amide bonds. The second-order valence-electron chi connectivity index (χ2n) is 4.27. The molecule has 0 bridgehead atoms. The van der Waals surface area contributed by atoms with Crippen molar-refractivity contribution in [3.8, 4) is 0 Å². The molecule has 0 unspecified atom stereocenters. The molecular weight excluding hydrogens is 202 g/mol. The minimum atomic E-state index is 0.787. The van der Waals surface area contributed by atoms with Gasteiger partial charge in [0.15, 0.2) is 0 Å². The van der Waals surface area contributed by atoms with Crippen molar-refractivity contribution in [3.05, 3.63) is 5.69 Å². The van der Waals surface area contributed by atoms with Crippen LogP contribution in [0.15, 0.2) is 0 Å². The minimum absolute atomic E-state index is 0.787. The van der Waals surface area contributed by atoms with Crippen molar-refractivity contribution in [2.45, 2.75) is 19.8 Å². The summed E-state index contributed by atoms with van der Waals surface area (Å²) in [5.41, 5.74) is 7.76. The lowest BCUT2D eigenvalue weighted by Gasteiger charge is -2.11. The fourth-order valence-corrected chi connectivity index (χ4v) is 1.67. The van der Waals surface area contributed by atoms with E-state index in [0.717, 1.165) is 43.1 Å². The molecule has 0 aliphatic heterocycles. The monoisotopic (exact) mass is 225 g/mol. The zero-order valence-corrected chi connectivity index (χ0v) is 10.7. The number of nitrogens with zero attached hydrogens (tertiary/aromatic N) is 3. The van der Waals surface area contributed by atoms with Crippen molar-refractivity contribution in [2.75, 3.05) is 38.2 Å². The summed E-state index contributed by atoms with van der Waals surface area (Å²) in [4.78, 5) is 2.17. The molecule has 0 fully saturated rings. The van der Waals surface area contributed by atoms with E-state index in [1.807, 2.05) is 11.7 Å². The lowest BCUT2D eigenvalue weighted by Crippen LogP contribution is -2.17. The maximum absolute atomic E-state index is 6.00. The standard InChI is InChI=1S/C11H23N5/c1-5-9-10(12)11(16(4)14-9)13-7-6-8-15(2)3/h13H,5-8,12H2,1-4H3. The van der Waals surface area contributed by atoms with Gasteiger partial charge in [0.25, 0.3) is 0 Å². The smallest absolute Gasteiger partial charge is 0.147 e. The Balaban J connectivity index is 2.50. The average molecular weight is 225 g/mol. The number of aryl methyl sites for hydroxylation is 2. The first-order chi connectivity index (χ1) is 7.56. The predicted octanol–water partition coefficient (Wildman–Crippen LogP) is 0.928. The predicted molar refractivity (Wildman–Crippen MR) is 68.7 cm³/mol. The molecule has 1 heterocycles. The highest BCUT2D eigenvalue weighted by atomic mass is 15.3. The summed E-state index contributed by atoms with van der Waals surface area (Å²) in [7, 11) is 6.07. The Morgan fingerprint density at radius 1 is 1.44 bits per heavy atom. The van der Waals surface area contributed by atoms with E-state index in [-0.39, 0.29) is 0 Å². The number of nitrogen functional groups attached to an aromatic ring is 1. The first kappa shape index (κ1) is 12.8. The summed E-state index contributed by atoms with van der Waals surface area (Å²) < 4.78 is 1.82. The first-order valence-corrected chi connectivity index (χ1v) is 5.76. The molecule has 0 aromatic carbocycles. The van der Waals surface area contributed by atoms with Gasteiger partial charge >= 0.3 is 0 Å². The summed E-state index contributed by atoms with van der Waals surface area (Å²) in [6, 6.07) is 0. The maximum atomic E-state index is 6.00. The molecule has 16 heavy (non-hydrogen) atoms. The minimum Gasteiger partial charge on any atom is -0.394 e. The third-order valence-electron chi connectivity index (χ3n) is 2.57. The van der Waals surface area contributed by atoms with Gasteiger partial charge in [0.1, 0.15) is 5.82 Å². The molecular formula is C11H23N5. The fraction of sp³-hybridized carbons (Fsp3) is 0.727. The molecule has 1 aromatic rings. The van der Waals surface area contributed by atoms with Crippen molar-refractivity contribution < 1.29 is 0 Å². The van der Waals surface area contributed by atoms with Crippen LogP contribution in [0, 0.1) is 0 Å². The molecule has 0 radical (unpaired) electrons. The van der Waals surface area contributed by atoms with E-state index in [9.17, 15) is 0 Å². The Kier molecular flexibility index (Phi) is 4.61. The van der Waals surface area contributed by atoms with Gasteiger partial charge in [0, 0.05) is 13.6 Å². The fourth-order valence-electron chi connectivity index (χ4n) is 1.67. The van der Waals surface area contributed by atoms with Gasteiger partial charge in [-0.25, -0.2) is 0 Å². The van der Waals surface area contributed by atoms with Gasteiger partial charge in [-0.15, -0.1) is 0 Å². The largest absolute Gasteiger partial charge is 0.394 e. The number of aromatic nitrogens is 2. The van der Waals surface area contributed by atoms with E-state index in [1.54, 1.807) is 0 Å². The molecule has 3 N–H and O–H groups in total. The van der Waals surface area contributed by atoms with E-state index >= 15 is 0 Å². The molecule has 0 atom stereocenters. The number of rotatable bonds is 6. The summed E-state index contributed by atoms with van der Waals surface area (Å²) >= 11 is 0. The van der Waals surface area contributed by atoms with Crippen LogP contribution in [-0.2, 0) is 13.5 Å². The highest BCUT2D eigenvalue weighted by molar-refractivity contribution is 5.64. The van der Waals surface area contributed by atoms with Gasteiger partial charge in [-0.2, -0.15) is 5.10 Å². The molecule has 1 rings (SSSR count). The molecule has 0 aliphatic rings. The van der Waals surface area contributed by atoms with Crippen molar-refractivity contribution in [1.82, 2.24) is 14.7 Å². The van der Waals surface area contributed by atoms with Gasteiger partial charge in [0.05, 0.1) is 11.4 Å². The SMILES string of the molecule is CCc1nn(C)c(NCCCN(C)C)c1N. The Morgan fingerprint density at radius 3 is 2.62 bits per heavy atom. The molecule has 5 heteroatoms. The van der Waals surface area contributed by atoms with E-state index in [2.05, 4.69) is 36.3 Å². The van der Waals surface area contributed by atoms with E-state index in [4.69, 9.17) is 5.73 Å². The Morgan fingerprint density at radius 2 is 2.12 bits per heavy atom. The Labute approximate surface area is 97.6 Å². The number of hydrogen-bond donors (Lipinski definition) is 2. The van der Waals surface area contributed by atoms with Crippen LogP contribution >= 0.6 is 0 Å². The van der Waals surface area contributed by atoms with Gasteiger partial charge in [-0.1, -0.05) is 6.92 Å². The van der Waals surface area contributed by atoms with Crippen LogP contribution in [0.1, 0.15) is 19.0 Å². The zero-order chi connectivity index (χ0) is 12.1. The zero-order valence-electron chi connectivity index (χ0n) is 10.7. The van der Waals surface area contributed by atoms with Crippen LogP contribution in [0.2, 0.25) is 0 Å². The van der Waals surface area contributed by atoms with Crippen LogP contribution in [-0.4, -0.2) is 41.9 Å². The van der Waals surface area contributed by atoms with Crippen molar-refractivity contribution >= 4 is 11.5 Å². The number of nitrogens with one attached hydrogen (secondary N) is 1. The van der Waals surface area contributed by atoms with E-state index < -0.39 is 0 Å². The normalized spacial score (nSPS) is 11.1. The van der Waals surface area contributed by atoms with Crippen LogP contribution < -0.4 is 11.1 Å². The van der Waals surface area contributed by atoms with Crippen LogP contribution in [0.25, 0.3) is 0 Å². The molecule has 0 saturated carbocycles. The third kappa shape index (κ3) is 3.13. The molecule has 0 aliphatic carbocycles. The Bertz CT molecular complexity index is 329. The third-order valence-corrected chi connectivity index (χ3v) is 2.57. The van der Waals surface area contributed by atoms with Gasteiger partial charge < -0.3 is 16.0 Å². The van der Waals surface area contributed by atoms with Crippen LogP contribution in [0.5, 0.6) is 0 Å². The van der Waals surface area contributed by atoms with Gasteiger partial charge in [0.2, 0.25) is 0 Å². The lowest BCUT2D eigenvalue weighted by molar-refractivity contribution is 0.405. The highest BCUT2D eigenvalue weighted by Crippen LogP contribution is 2.21. The summed E-state index contributed by atoms with van der Waals surface area (Å²) in [5, 5.41) is 7.70. The summed E-state index contributed by atoms with van der Waals surface area (Å²) in [5.74, 6) is 0.940. The van der Waals surface area contributed by atoms with Gasteiger partial charge in [-0.3, -0.25) is 4.68 Å². The molecule has 0 saturated heterocycles. The number of hydrogen-bond acceptors (Lipinski definition) is 4. The highest BCUT2D eigenvalue weighted by Gasteiger charge is 2.10. The van der Waals surface area contributed by atoms with E-state index in [1.165, 1.54) is 0 Å². The second kappa shape index (κ2) is 5.75. The second-order valence-corrected chi connectivity index (χ2v) is 4.27. The van der Waals surface area contributed by atoms with Crippen LogP contribution in [0.4, 0.5) is 11.5 Å². The molecule has 1 aromatic heterocycles. The number of nitrogens with two attached hydrogens (primary N) is 1. The molecule has 5 nitrogen and oxygen atoms in total. The summed E-state index contributed by atoms with van der Waals surface area (Å²) in [6.07, 6.45) is 1.97. The first-order valence-electron chi connectivity index (χ1n) is 5.76.